The van der Waals surface area contributed by atoms with Crippen molar-refractivity contribution in [1.82, 2.24) is 10.2 Å². The molecule has 5 bridgehead atoms. The molecular formula is C33H42BrN3O7. The maximum atomic E-state index is 15.1. The van der Waals surface area contributed by atoms with Gasteiger partial charge in [-0.2, -0.15) is 0 Å². The first-order valence-corrected chi connectivity index (χ1v) is 16.2. The molecule has 4 aliphatic heterocycles. The second-order valence-electron chi connectivity index (χ2n) is 12.8. The van der Waals surface area contributed by atoms with E-state index in [0.29, 0.717) is 17.3 Å². The van der Waals surface area contributed by atoms with Crippen LogP contribution in [-0.2, 0) is 28.7 Å². The van der Waals surface area contributed by atoms with E-state index in [4.69, 9.17) is 9.47 Å². The number of likely N-dealkylation sites (tertiary alicyclic amines) is 1. The van der Waals surface area contributed by atoms with E-state index in [9.17, 15) is 19.5 Å². The highest BCUT2D eigenvalue weighted by molar-refractivity contribution is 9.11. The summed E-state index contributed by atoms with van der Waals surface area (Å²) in [6, 6.07) is 3.98. The number of aliphatic hydroxyl groups is 1. The molecular weight excluding hydrogens is 630 g/mol. The molecule has 5 rings (SSSR count). The number of aryl methyl sites for hydroxylation is 2. The smallest absolute Gasteiger partial charge is 0.313 e. The van der Waals surface area contributed by atoms with Gasteiger partial charge in [0.25, 0.3) is 5.91 Å². The zero-order valence-electron chi connectivity index (χ0n) is 25.9. The number of fused-ring (bicyclic) bond motifs is 2. The molecule has 0 unspecified atom stereocenters. The number of aliphatic hydroxyl groups excluding tert-OH is 1. The molecule has 10 nitrogen and oxygen atoms in total. The highest BCUT2D eigenvalue weighted by Gasteiger charge is 2.75. The number of esters is 1. The van der Waals surface area contributed by atoms with Crippen LogP contribution in [0.15, 0.2) is 40.9 Å². The van der Waals surface area contributed by atoms with E-state index in [1.807, 2.05) is 58.0 Å². The van der Waals surface area contributed by atoms with E-state index in [2.05, 4.69) is 21.2 Å². The van der Waals surface area contributed by atoms with E-state index in [1.54, 1.807) is 17.9 Å². The van der Waals surface area contributed by atoms with E-state index < -0.39 is 53.6 Å². The number of benzene rings is 1. The summed E-state index contributed by atoms with van der Waals surface area (Å²) in [4.78, 5) is 59.0. The van der Waals surface area contributed by atoms with Crippen molar-refractivity contribution in [1.29, 1.82) is 0 Å². The largest absolute Gasteiger partial charge is 0.460 e. The lowest BCUT2D eigenvalue weighted by atomic mass is 9.74. The van der Waals surface area contributed by atoms with Crippen molar-refractivity contribution < 1.29 is 33.8 Å². The summed E-state index contributed by atoms with van der Waals surface area (Å²) in [5.74, 6) is -3.51. The van der Waals surface area contributed by atoms with E-state index >= 15 is 4.79 Å². The van der Waals surface area contributed by atoms with Crippen LogP contribution in [0.5, 0.6) is 0 Å². The first-order chi connectivity index (χ1) is 20.9. The number of halogens is 1. The first kappa shape index (κ1) is 32.4. The molecule has 3 amide bonds. The first-order valence-electron chi connectivity index (χ1n) is 15.4. The molecule has 2 saturated heterocycles. The SMILES string of the molecule is Cc1cccc(C)c1N1C/C=C\CCC(=O)NC[C@@H](C)OC(=O)[C@@H]2[C@H]3O[C@@]4(C=C3Br)[C@H](C1=O)N([C@@H](CO)CC(C)C)C(=O)[C@@H]24. The summed E-state index contributed by atoms with van der Waals surface area (Å²) in [5.41, 5.74) is 1.03. The third kappa shape index (κ3) is 5.63. The second kappa shape index (κ2) is 12.8. The van der Waals surface area contributed by atoms with Crippen molar-refractivity contribution in [2.45, 2.75) is 83.8 Å². The van der Waals surface area contributed by atoms with Gasteiger partial charge in [0.15, 0.2) is 0 Å². The number of anilines is 1. The zero-order chi connectivity index (χ0) is 31.9. The zero-order valence-corrected chi connectivity index (χ0v) is 27.5. The molecule has 1 aromatic carbocycles. The molecule has 1 spiro atoms. The number of amides is 3. The van der Waals surface area contributed by atoms with Gasteiger partial charge >= 0.3 is 5.97 Å². The fraction of sp³-hybridized carbons (Fsp3) is 0.576. The van der Waals surface area contributed by atoms with Crippen molar-refractivity contribution in [2.75, 3.05) is 24.6 Å². The topological polar surface area (TPSA) is 125 Å². The molecule has 2 N–H and O–H groups in total. The van der Waals surface area contributed by atoms with Gasteiger partial charge in [-0.05, 0) is 56.7 Å². The van der Waals surface area contributed by atoms with E-state index in [1.165, 1.54) is 4.90 Å². The van der Waals surface area contributed by atoms with E-state index in [-0.39, 0.29) is 43.8 Å². The fourth-order valence-corrected chi connectivity index (χ4v) is 8.00. The van der Waals surface area contributed by atoms with Crippen LogP contribution in [0, 0.1) is 31.6 Å². The number of ether oxygens (including phenoxy) is 2. The second-order valence-corrected chi connectivity index (χ2v) is 13.7. The summed E-state index contributed by atoms with van der Waals surface area (Å²) in [5, 5.41) is 13.4. The Morgan fingerprint density at radius 3 is 2.48 bits per heavy atom. The normalized spacial score (nSPS) is 32.5. The minimum atomic E-state index is -1.45. The van der Waals surface area contributed by atoms with Gasteiger partial charge in [-0.3, -0.25) is 19.2 Å². The Balaban J connectivity index is 1.69. The van der Waals surface area contributed by atoms with Crippen LogP contribution in [0.4, 0.5) is 5.69 Å². The monoisotopic (exact) mass is 671 g/mol. The van der Waals surface area contributed by atoms with Crippen LogP contribution < -0.4 is 10.2 Å². The maximum absolute atomic E-state index is 15.1. The number of cyclic esters (lactones) is 1. The summed E-state index contributed by atoms with van der Waals surface area (Å²) in [6.45, 7) is 9.51. The third-order valence-electron chi connectivity index (χ3n) is 9.09. The minimum absolute atomic E-state index is 0.119. The summed E-state index contributed by atoms with van der Waals surface area (Å²) < 4.78 is 12.9. The Kier molecular flexibility index (Phi) is 9.39. The van der Waals surface area contributed by atoms with Gasteiger partial charge in [0.2, 0.25) is 11.8 Å². The molecule has 4 heterocycles. The Morgan fingerprint density at radius 2 is 1.82 bits per heavy atom. The molecule has 0 aliphatic carbocycles. The highest BCUT2D eigenvalue weighted by atomic mass is 79.9. The van der Waals surface area contributed by atoms with Gasteiger partial charge in [-0.25, -0.2) is 0 Å². The Labute approximate surface area is 266 Å². The molecule has 0 saturated carbocycles. The van der Waals surface area contributed by atoms with Gasteiger partial charge in [0.05, 0.1) is 25.1 Å². The predicted molar refractivity (Wildman–Crippen MR) is 168 cm³/mol. The van der Waals surface area contributed by atoms with Crippen LogP contribution in [0.1, 0.15) is 51.2 Å². The number of hydrogen-bond acceptors (Lipinski definition) is 7. The molecule has 0 aromatic heterocycles. The van der Waals surface area contributed by atoms with Crippen molar-refractivity contribution in [3.05, 3.63) is 52.0 Å². The molecule has 238 valence electrons. The molecule has 7 atom stereocenters. The van der Waals surface area contributed by atoms with Gasteiger partial charge < -0.3 is 29.7 Å². The number of nitrogens with one attached hydrogen (secondary N) is 1. The molecule has 2 fully saturated rings. The fourth-order valence-electron chi connectivity index (χ4n) is 7.27. The summed E-state index contributed by atoms with van der Waals surface area (Å²) in [6.07, 6.45) is 5.20. The Hall–Kier alpha value is -3.02. The van der Waals surface area contributed by atoms with Crippen LogP contribution in [0.2, 0.25) is 0 Å². The Morgan fingerprint density at radius 1 is 1.11 bits per heavy atom. The average Bonchev–Trinajstić information content (AvgIpc) is 3.55. The minimum Gasteiger partial charge on any atom is -0.460 e. The van der Waals surface area contributed by atoms with Gasteiger partial charge in [0, 0.05) is 23.1 Å². The lowest BCUT2D eigenvalue weighted by Gasteiger charge is -2.39. The lowest BCUT2D eigenvalue weighted by molar-refractivity contribution is -0.159. The van der Waals surface area contributed by atoms with Crippen LogP contribution in [0.25, 0.3) is 0 Å². The maximum Gasteiger partial charge on any atom is 0.313 e. The van der Waals surface area contributed by atoms with E-state index in [0.717, 1.165) is 16.8 Å². The number of nitrogens with zero attached hydrogens (tertiary/aromatic N) is 2. The van der Waals surface area contributed by atoms with Crippen molar-refractivity contribution in [2.24, 2.45) is 17.8 Å². The average molecular weight is 673 g/mol. The van der Waals surface area contributed by atoms with Gasteiger partial charge in [-0.1, -0.05) is 60.1 Å². The molecule has 0 radical (unpaired) electrons. The predicted octanol–water partition coefficient (Wildman–Crippen LogP) is 3.31. The Bertz CT molecular complexity index is 1370. The number of hydrogen-bond donors (Lipinski definition) is 2. The molecule has 11 heteroatoms. The molecule has 4 aliphatic rings. The number of carbonyl (C=O) groups excluding carboxylic acids is 4. The highest BCUT2D eigenvalue weighted by Crippen LogP contribution is 2.59. The third-order valence-corrected chi connectivity index (χ3v) is 9.77. The number of allylic oxidation sites excluding steroid dienone is 1. The van der Waals surface area contributed by atoms with Crippen LogP contribution in [0.3, 0.4) is 0 Å². The number of carbonyl (C=O) groups is 4. The molecule has 44 heavy (non-hydrogen) atoms. The van der Waals surface area contributed by atoms with Crippen molar-refractivity contribution >= 4 is 45.3 Å². The number of para-hydroxylation sites is 1. The molecule has 1 aromatic rings. The summed E-state index contributed by atoms with van der Waals surface area (Å²) >= 11 is 3.57. The van der Waals surface area contributed by atoms with Crippen LogP contribution >= 0.6 is 15.9 Å². The van der Waals surface area contributed by atoms with Crippen LogP contribution in [-0.4, -0.2) is 83.3 Å². The standard InChI is InChI=1S/C33H42BrN3O7/c1-18(2)14-22(17-38)37-29-31(41)36(27-19(3)10-9-11-20(27)4)13-8-6-7-12-24(39)35-16-21(5)43-32(42)25-26(30(37)40)33(29)15-23(34)28(25)44-33/h6,8-11,15,18,21-22,25-26,28-29,38H,7,12-14,16-17H2,1-5H3,(H,35,39)/b8-6-/t21-,22-,25+,26-,28+,29+,33-/m1/s1. The van der Waals surface area contributed by atoms with Gasteiger partial charge in [-0.15, -0.1) is 0 Å². The van der Waals surface area contributed by atoms with Crippen molar-refractivity contribution in [3.8, 4) is 0 Å². The van der Waals surface area contributed by atoms with Crippen molar-refractivity contribution in [3.63, 3.8) is 0 Å². The summed E-state index contributed by atoms with van der Waals surface area (Å²) in [7, 11) is 0. The quantitative estimate of drug-likeness (QED) is 0.364. The van der Waals surface area contributed by atoms with Gasteiger partial charge in [0.1, 0.15) is 29.8 Å². The number of rotatable bonds is 5. The lowest BCUT2D eigenvalue weighted by Crippen LogP contribution is -2.59.